The standard InChI is InChI=1S/C20H30N4O2Si/c1-27(2,3)13-12-25-15-24-19(10-11-21)16-4-6-17(7-5-16)26-18-8-9-20(22)23-14-18/h4-9,11,14,19,21,24H,10,12-13,15H2,1-3H3,(H2,22,23). The topological polar surface area (TPSA) is 93.2 Å². The van der Waals surface area contributed by atoms with Crippen LogP contribution in [0.1, 0.15) is 18.0 Å². The molecule has 0 amide bonds. The van der Waals surface area contributed by atoms with E-state index in [-0.39, 0.29) is 6.04 Å². The third-order valence-corrected chi connectivity index (χ3v) is 5.76. The maximum absolute atomic E-state index is 7.45. The fraction of sp³-hybridized carbons (Fsp3) is 0.400. The Bertz CT molecular complexity index is 699. The highest BCUT2D eigenvalue weighted by atomic mass is 28.3. The summed E-state index contributed by atoms with van der Waals surface area (Å²) in [5.74, 6) is 1.83. The Balaban J connectivity index is 1.88. The number of aromatic nitrogens is 1. The summed E-state index contributed by atoms with van der Waals surface area (Å²) in [7, 11) is -1.07. The molecule has 0 saturated heterocycles. The smallest absolute Gasteiger partial charge is 0.145 e. The lowest BCUT2D eigenvalue weighted by molar-refractivity contribution is 0.119. The maximum atomic E-state index is 7.45. The number of anilines is 1. The fourth-order valence-electron chi connectivity index (χ4n) is 2.42. The normalized spacial score (nSPS) is 12.6. The zero-order valence-corrected chi connectivity index (χ0v) is 17.4. The Labute approximate surface area is 162 Å². The molecule has 0 aliphatic heterocycles. The highest BCUT2D eigenvalue weighted by molar-refractivity contribution is 6.76. The minimum Gasteiger partial charge on any atom is -0.456 e. The van der Waals surface area contributed by atoms with Crippen LogP contribution in [-0.4, -0.2) is 32.6 Å². The van der Waals surface area contributed by atoms with E-state index in [1.807, 2.05) is 24.3 Å². The number of nitrogen functional groups attached to an aromatic ring is 1. The lowest BCUT2D eigenvalue weighted by Gasteiger charge is -2.19. The van der Waals surface area contributed by atoms with E-state index < -0.39 is 8.07 Å². The lowest BCUT2D eigenvalue weighted by Crippen LogP contribution is -2.27. The van der Waals surface area contributed by atoms with Crippen molar-refractivity contribution in [3.8, 4) is 11.5 Å². The largest absolute Gasteiger partial charge is 0.456 e. The molecule has 7 heteroatoms. The second kappa shape index (κ2) is 10.2. The van der Waals surface area contributed by atoms with E-state index in [1.165, 1.54) is 6.21 Å². The third kappa shape index (κ3) is 7.90. The Morgan fingerprint density at radius 1 is 1.15 bits per heavy atom. The van der Waals surface area contributed by atoms with Gasteiger partial charge in [-0.1, -0.05) is 31.8 Å². The molecule has 1 aromatic carbocycles. The number of hydrogen-bond donors (Lipinski definition) is 3. The molecule has 1 unspecified atom stereocenters. The molecule has 1 aromatic heterocycles. The highest BCUT2D eigenvalue weighted by Crippen LogP contribution is 2.24. The van der Waals surface area contributed by atoms with Crippen LogP contribution in [0.2, 0.25) is 25.7 Å². The monoisotopic (exact) mass is 386 g/mol. The van der Waals surface area contributed by atoms with E-state index in [2.05, 4.69) is 29.9 Å². The molecule has 146 valence electrons. The highest BCUT2D eigenvalue weighted by Gasteiger charge is 2.13. The molecule has 0 spiro atoms. The van der Waals surface area contributed by atoms with Crippen LogP contribution in [0.3, 0.4) is 0 Å². The molecule has 1 atom stereocenters. The molecule has 1 heterocycles. The average Bonchev–Trinajstić information content (AvgIpc) is 2.62. The minimum absolute atomic E-state index is 0.0432. The summed E-state index contributed by atoms with van der Waals surface area (Å²) in [5, 5.41) is 10.8. The van der Waals surface area contributed by atoms with E-state index in [0.717, 1.165) is 24.0 Å². The molecule has 0 fully saturated rings. The Hall–Kier alpha value is -2.22. The minimum atomic E-state index is -1.07. The van der Waals surface area contributed by atoms with Gasteiger partial charge in [-0.05, 0) is 42.1 Å². The van der Waals surface area contributed by atoms with Crippen molar-refractivity contribution in [1.82, 2.24) is 10.3 Å². The molecule has 4 N–H and O–H groups in total. The molecular weight excluding hydrogens is 356 g/mol. The predicted molar refractivity (Wildman–Crippen MR) is 113 cm³/mol. The van der Waals surface area contributed by atoms with Crippen LogP contribution in [0.5, 0.6) is 11.5 Å². The average molecular weight is 387 g/mol. The molecular formula is C20H30N4O2Si. The van der Waals surface area contributed by atoms with Gasteiger partial charge in [-0.25, -0.2) is 4.98 Å². The summed E-state index contributed by atoms with van der Waals surface area (Å²) in [6.07, 6.45) is 3.63. The Morgan fingerprint density at radius 3 is 2.44 bits per heavy atom. The summed E-state index contributed by atoms with van der Waals surface area (Å²) in [5.41, 5.74) is 6.67. The zero-order chi connectivity index (χ0) is 19.7. The van der Waals surface area contributed by atoms with Gasteiger partial charge in [0.1, 0.15) is 17.3 Å². The Morgan fingerprint density at radius 2 is 1.85 bits per heavy atom. The van der Waals surface area contributed by atoms with E-state index in [0.29, 0.717) is 24.7 Å². The summed E-state index contributed by atoms with van der Waals surface area (Å²) >= 11 is 0. The molecule has 0 aliphatic carbocycles. The van der Waals surface area contributed by atoms with Gasteiger partial charge < -0.3 is 20.6 Å². The van der Waals surface area contributed by atoms with Crippen molar-refractivity contribution in [3.05, 3.63) is 48.2 Å². The van der Waals surface area contributed by atoms with Gasteiger partial charge in [0.15, 0.2) is 0 Å². The first-order valence-corrected chi connectivity index (χ1v) is 12.9. The number of ether oxygens (including phenoxy) is 2. The SMILES string of the molecule is C[Si](C)(C)CCOCNC(CC=N)c1ccc(Oc2ccc(N)nc2)cc1. The van der Waals surface area contributed by atoms with Crippen molar-refractivity contribution in [2.75, 3.05) is 19.1 Å². The van der Waals surface area contributed by atoms with Crippen LogP contribution in [0.15, 0.2) is 42.6 Å². The lowest BCUT2D eigenvalue weighted by atomic mass is 10.0. The number of hydrogen-bond acceptors (Lipinski definition) is 6. The first-order valence-electron chi connectivity index (χ1n) is 9.17. The van der Waals surface area contributed by atoms with Crippen molar-refractivity contribution >= 4 is 20.1 Å². The zero-order valence-electron chi connectivity index (χ0n) is 16.4. The van der Waals surface area contributed by atoms with Crippen LogP contribution in [0.4, 0.5) is 5.82 Å². The number of nitrogens with zero attached hydrogens (tertiary/aromatic N) is 1. The van der Waals surface area contributed by atoms with Crippen molar-refractivity contribution in [2.24, 2.45) is 0 Å². The van der Waals surface area contributed by atoms with Crippen LogP contribution in [0, 0.1) is 5.41 Å². The van der Waals surface area contributed by atoms with Crippen molar-refractivity contribution in [2.45, 2.75) is 38.1 Å². The van der Waals surface area contributed by atoms with Gasteiger partial charge >= 0.3 is 0 Å². The second-order valence-corrected chi connectivity index (χ2v) is 13.3. The summed E-state index contributed by atoms with van der Waals surface area (Å²) < 4.78 is 11.5. The number of benzene rings is 1. The molecule has 2 rings (SSSR count). The molecule has 0 bridgehead atoms. The van der Waals surface area contributed by atoms with E-state index in [9.17, 15) is 0 Å². The van der Waals surface area contributed by atoms with E-state index >= 15 is 0 Å². The Kier molecular flexibility index (Phi) is 7.96. The van der Waals surface area contributed by atoms with Crippen LogP contribution < -0.4 is 15.8 Å². The van der Waals surface area contributed by atoms with Gasteiger partial charge in [-0.3, -0.25) is 5.32 Å². The van der Waals surface area contributed by atoms with Crippen LogP contribution >= 0.6 is 0 Å². The van der Waals surface area contributed by atoms with Crippen molar-refractivity contribution < 1.29 is 9.47 Å². The second-order valence-electron chi connectivity index (χ2n) is 7.65. The molecule has 0 aliphatic rings. The summed E-state index contributed by atoms with van der Waals surface area (Å²) in [6.45, 7) is 8.28. The summed E-state index contributed by atoms with van der Waals surface area (Å²) in [6, 6.07) is 12.5. The van der Waals surface area contributed by atoms with Crippen molar-refractivity contribution in [1.29, 1.82) is 5.41 Å². The quantitative estimate of drug-likeness (QED) is 0.230. The van der Waals surface area contributed by atoms with Gasteiger partial charge in [-0.15, -0.1) is 0 Å². The molecule has 2 aromatic rings. The van der Waals surface area contributed by atoms with Gasteiger partial charge in [0.25, 0.3) is 0 Å². The predicted octanol–water partition coefficient (Wildman–Crippen LogP) is 4.44. The summed E-state index contributed by atoms with van der Waals surface area (Å²) in [4.78, 5) is 4.02. The fourth-order valence-corrected chi connectivity index (χ4v) is 3.18. The first kappa shape index (κ1) is 21.1. The number of rotatable bonds is 11. The van der Waals surface area contributed by atoms with Gasteiger partial charge in [0.05, 0.1) is 12.9 Å². The molecule has 27 heavy (non-hydrogen) atoms. The molecule has 6 nitrogen and oxygen atoms in total. The number of pyridine rings is 1. The maximum Gasteiger partial charge on any atom is 0.145 e. The van der Waals surface area contributed by atoms with Gasteiger partial charge in [0, 0.05) is 27.1 Å². The molecule has 0 saturated carbocycles. The van der Waals surface area contributed by atoms with Crippen molar-refractivity contribution in [3.63, 3.8) is 0 Å². The van der Waals surface area contributed by atoms with Gasteiger partial charge in [0.2, 0.25) is 0 Å². The third-order valence-electron chi connectivity index (χ3n) is 4.06. The number of nitrogens with two attached hydrogens (primary N) is 1. The van der Waals surface area contributed by atoms with Crippen LogP contribution in [0.25, 0.3) is 0 Å². The molecule has 0 radical (unpaired) electrons. The van der Waals surface area contributed by atoms with E-state index in [1.54, 1.807) is 18.3 Å². The van der Waals surface area contributed by atoms with Gasteiger partial charge in [-0.2, -0.15) is 0 Å². The first-order chi connectivity index (χ1) is 12.9. The van der Waals surface area contributed by atoms with Crippen LogP contribution in [-0.2, 0) is 4.74 Å². The van der Waals surface area contributed by atoms with E-state index in [4.69, 9.17) is 20.6 Å². The number of nitrogens with one attached hydrogen (secondary N) is 2.